The molecule has 0 atom stereocenters. The molecule has 18 heavy (non-hydrogen) atoms. The van der Waals surface area contributed by atoms with Crippen LogP contribution in [0.2, 0.25) is 0 Å². The quantitative estimate of drug-likeness (QED) is 0.798. The molecule has 98 valence electrons. The van der Waals surface area contributed by atoms with E-state index in [2.05, 4.69) is 5.32 Å². The highest BCUT2D eigenvalue weighted by Gasteiger charge is 2.14. The van der Waals surface area contributed by atoms with Gasteiger partial charge in [0.2, 0.25) is 5.91 Å². The largest absolute Gasteiger partial charge is 0.399 e. The van der Waals surface area contributed by atoms with Gasteiger partial charge in [-0.15, -0.1) is 0 Å². The highest BCUT2D eigenvalue weighted by Crippen LogP contribution is 2.27. The maximum absolute atomic E-state index is 11.8. The highest BCUT2D eigenvalue weighted by molar-refractivity contribution is 5.90. The molecule has 0 aromatic heterocycles. The van der Waals surface area contributed by atoms with Gasteiger partial charge >= 0.3 is 0 Å². The van der Waals surface area contributed by atoms with E-state index in [1.807, 2.05) is 12.1 Å². The average molecular weight is 246 g/mol. The van der Waals surface area contributed by atoms with Gasteiger partial charge in [0.25, 0.3) is 0 Å². The van der Waals surface area contributed by atoms with Gasteiger partial charge in [-0.3, -0.25) is 4.79 Å². The molecule has 0 saturated heterocycles. The van der Waals surface area contributed by atoms with Crippen LogP contribution >= 0.6 is 0 Å². The van der Waals surface area contributed by atoms with Crippen LogP contribution in [0.25, 0.3) is 0 Å². The number of carbonyl (C=O) groups excluding carboxylic acids is 1. The molecule has 1 aromatic rings. The van der Waals surface area contributed by atoms with Gasteiger partial charge in [-0.1, -0.05) is 32.1 Å². The Kier molecular flexibility index (Phi) is 4.62. The Labute approximate surface area is 109 Å². The monoisotopic (exact) mass is 246 g/mol. The van der Waals surface area contributed by atoms with Crippen molar-refractivity contribution in [1.82, 2.24) is 0 Å². The van der Waals surface area contributed by atoms with Crippen LogP contribution in [0.3, 0.4) is 0 Å². The Morgan fingerprint density at radius 1 is 1.17 bits per heavy atom. The first-order valence-electron chi connectivity index (χ1n) is 6.89. The van der Waals surface area contributed by atoms with Crippen molar-refractivity contribution >= 4 is 17.3 Å². The Balaban J connectivity index is 1.73. The zero-order valence-electron chi connectivity index (χ0n) is 10.8. The summed E-state index contributed by atoms with van der Waals surface area (Å²) in [5, 5.41) is 2.91. The second kappa shape index (κ2) is 6.43. The lowest BCUT2D eigenvalue weighted by Crippen LogP contribution is -2.14. The number of nitrogens with one attached hydrogen (secondary N) is 1. The SMILES string of the molecule is Nc1ccc(NC(=O)CCC2CCCCC2)cc1. The van der Waals surface area contributed by atoms with Crippen LogP contribution in [0.1, 0.15) is 44.9 Å². The molecule has 0 heterocycles. The zero-order chi connectivity index (χ0) is 12.8. The van der Waals surface area contributed by atoms with E-state index < -0.39 is 0 Å². The molecule has 1 aromatic carbocycles. The summed E-state index contributed by atoms with van der Waals surface area (Å²) in [6.45, 7) is 0. The molecule has 3 nitrogen and oxygen atoms in total. The fourth-order valence-electron chi connectivity index (χ4n) is 2.60. The van der Waals surface area contributed by atoms with Crippen molar-refractivity contribution in [3.05, 3.63) is 24.3 Å². The maximum atomic E-state index is 11.8. The van der Waals surface area contributed by atoms with Gasteiger partial charge in [-0.2, -0.15) is 0 Å². The van der Waals surface area contributed by atoms with Gasteiger partial charge in [0.15, 0.2) is 0 Å². The lowest BCUT2D eigenvalue weighted by atomic mass is 9.86. The first-order chi connectivity index (χ1) is 8.74. The molecular formula is C15H22N2O. The standard InChI is InChI=1S/C15H22N2O/c16-13-7-9-14(10-8-13)17-15(18)11-6-12-4-2-1-3-5-12/h7-10,12H,1-6,11,16H2,(H,17,18). The normalized spacial score (nSPS) is 16.4. The van der Waals surface area contributed by atoms with Crippen LogP contribution < -0.4 is 11.1 Å². The van der Waals surface area contributed by atoms with Gasteiger partial charge in [0, 0.05) is 17.8 Å². The van der Waals surface area contributed by atoms with Crippen molar-refractivity contribution < 1.29 is 4.79 Å². The summed E-state index contributed by atoms with van der Waals surface area (Å²) >= 11 is 0. The lowest BCUT2D eigenvalue weighted by Gasteiger charge is -2.20. The van der Waals surface area contributed by atoms with Gasteiger partial charge in [0.05, 0.1) is 0 Å². The van der Waals surface area contributed by atoms with E-state index in [9.17, 15) is 4.79 Å². The van der Waals surface area contributed by atoms with E-state index >= 15 is 0 Å². The summed E-state index contributed by atoms with van der Waals surface area (Å²) in [6.07, 6.45) is 8.31. The first kappa shape index (κ1) is 12.9. The molecule has 3 N–H and O–H groups in total. The summed E-state index contributed by atoms with van der Waals surface area (Å²) in [7, 11) is 0. The predicted octanol–water partition coefficient (Wildman–Crippen LogP) is 3.57. The molecule has 0 aliphatic heterocycles. The van der Waals surface area contributed by atoms with Crippen LogP contribution in [0.5, 0.6) is 0 Å². The average Bonchev–Trinajstić information content (AvgIpc) is 2.40. The molecule has 2 rings (SSSR count). The number of amides is 1. The minimum Gasteiger partial charge on any atom is -0.399 e. The predicted molar refractivity (Wildman–Crippen MR) is 75.3 cm³/mol. The minimum absolute atomic E-state index is 0.116. The van der Waals surface area contributed by atoms with Crippen molar-refractivity contribution in [3.8, 4) is 0 Å². The van der Waals surface area contributed by atoms with Gasteiger partial charge in [-0.05, 0) is 36.6 Å². The molecule has 3 heteroatoms. The fourth-order valence-corrected chi connectivity index (χ4v) is 2.60. The fraction of sp³-hybridized carbons (Fsp3) is 0.533. The number of carbonyl (C=O) groups is 1. The van der Waals surface area contributed by atoms with Crippen molar-refractivity contribution in [2.24, 2.45) is 5.92 Å². The summed E-state index contributed by atoms with van der Waals surface area (Å²) in [5.41, 5.74) is 7.15. The van der Waals surface area contributed by atoms with Crippen LogP contribution in [0.4, 0.5) is 11.4 Å². The number of nitrogen functional groups attached to an aromatic ring is 1. The number of anilines is 2. The summed E-state index contributed by atoms with van der Waals surface area (Å²) in [4.78, 5) is 11.8. The zero-order valence-corrected chi connectivity index (χ0v) is 10.8. The topological polar surface area (TPSA) is 55.1 Å². The number of nitrogens with two attached hydrogens (primary N) is 1. The Bertz CT molecular complexity index is 380. The van der Waals surface area contributed by atoms with Crippen LogP contribution in [0.15, 0.2) is 24.3 Å². The molecule has 1 amide bonds. The lowest BCUT2D eigenvalue weighted by molar-refractivity contribution is -0.116. The number of benzene rings is 1. The summed E-state index contributed by atoms with van der Waals surface area (Å²) < 4.78 is 0. The van der Waals surface area contributed by atoms with Crippen LogP contribution in [0, 0.1) is 5.92 Å². The van der Waals surface area contributed by atoms with Gasteiger partial charge in [0.1, 0.15) is 0 Å². The summed E-state index contributed by atoms with van der Waals surface area (Å²) in [6, 6.07) is 7.29. The van der Waals surface area contributed by atoms with E-state index in [-0.39, 0.29) is 5.91 Å². The number of hydrogen-bond donors (Lipinski definition) is 2. The third-order valence-corrected chi connectivity index (χ3v) is 3.70. The third-order valence-electron chi connectivity index (χ3n) is 3.70. The van der Waals surface area contributed by atoms with Crippen molar-refractivity contribution in [2.45, 2.75) is 44.9 Å². The molecule has 1 fully saturated rings. The van der Waals surface area contributed by atoms with E-state index in [0.29, 0.717) is 6.42 Å². The second-order valence-electron chi connectivity index (χ2n) is 5.21. The Hall–Kier alpha value is -1.51. The van der Waals surface area contributed by atoms with Gasteiger partial charge in [-0.25, -0.2) is 0 Å². The van der Waals surface area contributed by atoms with Crippen molar-refractivity contribution in [3.63, 3.8) is 0 Å². The minimum atomic E-state index is 0.116. The first-order valence-corrected chi connectivity index (χ1v) is 6.89. The van der Waals surface area contributed by atoms with Gasteiger partial charge < -0.3 is 11.1 Å². The molecular weight excluding hydrogens is 224 g/mol. The smallest absolute Gasteiger partial charge is 0.224 e. The van der Waals surface area contributed by atoms with Crippen molar-refractivity contribution in [1.29, 1.82) is 0 Å². The third kappa shape index (κ3) is 4.06. The van der Waals surface area contributed by atoms with Crippen LogP contribution in [-0.2, 0) is 4.79 Å². The Morgan fingerprint density at radius 2 is 1.83 bits per heavy atom. The number of hydrogen-bond acceptors (Lipinski definition) is 2. The molecule has 0 unspecified atom stereocenters. The van der Waals surface area contributed by atoms with Crippen LogP contribution in [-0.4, -0.2) is 5.91 Å². The maximum Gasteiger partial charge on any atom is 0.224 e. The van der Waals surface area contributed by atoms with E-state index in [1.165, 1.54) is 32.1 Å². The molecule has 0 radical (unpaired) electrons. The Morgan fingerprint density at radius 3 is 2.50 bits per heavy atom. The van der Waals surface area contributed by atoms with Crippen molar-refractivity contribution in [2.75, 3.05) is 11.1 Å². The highest BCUT2D eigenvalue weighted by atomic mass is 16.1. The van der Waals surface area contributed by atoms with E-state index in [4.69, 9.17) is 5.73 Å². The van der Waals surface area contributed by atoms with E-state index in [1.54, 1.807) is 12.1 Å². The molecule has 1 aliphatic carbocycles. The second-order valence-corrected chi connectivity index (χ2v) is 5.21. The number of rotatable bonds is 4. The van der Waals surface area contributed by atoms with E-state index in [0.717, 1.165) is 23.7 Å². The molecule has 0 spiro atoms. The summed E-state index contributed by atoms with van der Waals surface area (Å²) in [5.74, 6) is 0.876. The molecule has 0 bridgehead atoms. The molecule has 1 saturated carbocycles. The molecule has 1 aliphatic rings.